The van der Waals surface area contributed by atoms with Crippen LogP contribution >= 0.6 is 0 Å². The molecule has 1 aromatic carbocycles. The molecule has 1 fully saturated rings. The highest BCUT2D eigenvalue weighted by molar-refractivity contribution is 5.80. The number of carbonyl (C=O) groups is 2. The molecule has 0 aliphatic heterocycles. The van der Waals surface area contributed by atoms with Gasteiger partial charge in [-0.15, -0.1) is 0 Å². The zero-order valence-electron chi connectivity index (χ0n) is 11.4. The monoisotopic (exact) mass is 297 g/mol. The van der Waals surface area contributed by atoms with Gasteiger partial charge in [0.2, 0.25) is 5.91 Å². The van der Waals surface area contributed by atoms with Crippen molar-refractivity contribution in [1.82, 2.24) is 5.32 Å². The van der Waals surface area contributed by atoms with Gasteiger partial charge in [0.25, 0.3) is 0 Å². The third-order valence-corrected chi connectivity index (χ3v) is 3.86. The minimum atomic E-state index is -0.885. The number of amides is 1. The maximum absolute atomic E-state index is 13.4. The van der Waals surface area contributed by atoms with Crippen LogP contribution in [0.25, 0.3) is 0 Å². The van der Waals surface area contributed by atoms with Gasteiger partial charge in [0.05, 0.1) is 5.92 Å². The van der Waals surface area contributed by atoms with Crippen molar-refractivity contribution >= 4 is 11.9 Å². The molecule has 2 atom stereocenters. The van der Waals surface area contributed by atoms with Crippen LogP contribution in [-0.2, 0) is 16.1 Å². The minimum Gasteiger partial charge on any atom is -0.481 e. The van der Waals surface area contributed by atoms with Crippen molar-refractivity contribution in [2.75, 3.05) is 0 Å². The number of carbonyl (C=O) groups excluding carboxylic acids is 1. The Morgan fingerprint density at radius 2 is 1.95 bits per heavy atom. The first-order valence-corrected chi connectivity index (χ1v) is 6.92. The summed E-state index contributed by atoms with van der Waals surface area (Å²) in [6, 6.07) is 3.06. The van der Waals surface area contributed by atoms with E-state index in [1.54, 1.807) is 0 Å². The second kappa shape index (κ2) is 6.65. The summed E-state index contributed by atoms with van der Waals surface area (Å²) >= 11 is 0. The molecule has 0 bridgehead atoms. The standard InChI is InChI=1S/C15H17F2NO3/c16-12-4-5-13(17)11(7-12)8-18-14(19)9-2-1-3-10(6-9)15(20)21/h4-5,7,9-10H,1-3,6,8H2,(H,18,19)(H,20,21)/t9-,10+/m1/s1. The average Bonchev–Trinajstić information content (AvgIpc) is 2.48. The molecule has 4 nitrogen and oxygen atoms in total. The Hall–Kier alpha value is -1.98. The number of nitrogens with one attached hydrogen (secondary N) is 1. The number of carboxylic acid groups (broad SMARTS) is 1. The smallest absolute Gasteiger partial charge is 0.306 e. The zero-order chi connectivity index (χ0) is 15.4. The van der Waals surface area contributed by atoms with Crippen LogP contribution in [0.15, 0.2) is 18.2 Å². The summed E-state index contributed by atoms with van der Waals surface area (Å²) in [4.78, 5) is 23.0. The largest absolute Gasteiger partial charge is 0.481 e. The third kappa shape index (κ3) is 4.00. The first-order valence-electron chi connectivity index (χ1n) is 6.92. The van der Waals surface area contributed by atoms with E-state index in [2.05, 4.69) is 5.32 Å². The summed E-state index contributed by atoms with van der Waals surface area (Å²) in [7, 11) is 0. The Kier molecular flexibility index (Phi) is 4.88. The van der Waals surface area contributed by atoms with E-state index in [0.717, 1.165) is 18.2 Å². The highest BCUT2D eigenvalue weighted by Crippen LogP contribution is 2.29. The van der Waals surface area contributed by atoms with Crippen molar-refractivity contribution in [3.05, 3.63) is 35.4 Å². The summed E-state index contributed by atoms with van der Waals surface area (Å²) in [6.45, 7) is -0.101. The Labute approximate surface area is 121 Å². The lowest BCUT2D eigenvalue weighted by atomic mass is 9.81. The Bertz CT molecular complexity index is 548. The van der Waals surface area contributed by atoms with Crippen molar-refractivity contribution in [3.63, 3.8) is 0 Å². The van der Waals surface area contributed by atoms with Crippen molar-refractivity contribution in [1.29, 1.82) is 0 Å². The minimum absolute atomic E-state index is 0.0777. The van der Waals surface area contributed by atoms with Crippen molar-refractivity contribution in [2.45, 2.75) is 32.2 Å². The van der Waals surface area contributed by atoms with Gasteiger partial charge in [0.15, 0.2) is 0 Å². The van der Waals surface area contributed by atoms with Gasteiger partial charge in [0, 0.05) is 18.0 Å². The number of rotatable bonds is 4. The molecule has 114 valence electrons. The van der Waals surface area contributed by atoms with Gasteiger partial charge in [-0.3, -0.25) is 9.59 Å². The molecule has 0 unspecified atom stereocenters. The van der Waals surface area contributed by atoms with Crippen LogP contribution in [0, 0.1) is 23.5 Å². The summed E-state index contributed by atoms with van der Waals surface area (Å²) < 4.78 is 26.5. The summed E-state index contributed by atoms with van der Waals surface area (Å²) in [5.41, 5.74) is 0.0777. The third-order valence-electron chi connectivity index (χ3n) is 3.86. The Morgan fingerprint density at radius 3 is 2.67 bits per heavy atom. The summed E-state index contributed by atoms with van der Waals surface area (Å²) in [6.07, 6.45) is 2.19. The Balaban J connectivity index is 1.92. The van der Waals surface area contributed by atoms with E-state index >= 15 is 0 Å². The molecule has 1 amide bonds. The molecule has 0 spiro atoms. The first-order chi connectivity index (χ1) is 9.97. The van der Waals surface area contributed by atoms with Crippen LogP contribution in [0.4, 0.5) is 8.78 Å². The maximum atomic E-state index is 13.4. The van der Waals surface area contributed by atoms with Gasteiger partial charge in [0.1, 0.15) is 11.6 Å². The van der Waals surface area contributed by atoms with Crippen LogP contribution < -0.4 is 5.32 Å². The lowest BCUT2D eigenvalue weighted by molar-refractivity contribution is -0.144. The fourth-order valence-electron chi connectivity index (χ4n) is 2.66. The number of benzene rings is 1. The number of hydrogen-bond donors (Lipinski definition) is 2. The molecular formula is C15H17F2NO3. The molecule has 1 aromatic rings. The quantitative estimate of drug-likeness (QED) is 0.897. The van der Waals surface area contributed by atoms with Crippen molar-refractivity contribution in [3.8, 4) is 0 Å². The number of aliphatic carboxylic acids is 1. The van der Waals surface area contributed by atoms with E-state index in [1.165, 1.54) is 0 Å². The normalized spacial score (nSPS) is 21.8. The molecule has 0 heterocycles. The van der Waals surface area contributed by atoms with E-state index < -0.39 is 23.5 Å². The SMILES string of the molecule is O=C(O)[C@H]1CCC[C@@H](C(=O)NCc2cc(F)ccc2F)C1. The van der Waals surface area contributed by atoms with E-state index in [4.69, 9.17) is 5.11 Å². The number of carboxylic acids is 1. The number of hydrogen-bond acceptors (Lipinski definition) is 2. The lowest BCUT2D eigenvalue weighted by Crippen LogP contribution is -2.35. The van der Waals surface area contributed by atoms with Crippen LogP contribution in [0.2, 0.25) is 0 Å². The molecule has 0 radical (unpaired) electrons. The summed E-state index contributed by atoms with van der Waals surface area (Å²) in [5.74, 6) is -3.21. The second-order valence-corrected chi connectivity index (χ2v) is 5.35. The molecule has 21 heavy (non-hydrogen) atoms. The lowest BCUT2D eigenvalue weighted by Gasteiger charge is -2.25. The van der Waals surface area contributed by atoms with E-state index in [9.17, 15) is 18.4 Å². The molecule has 0 saturated heterocycles. The zero-order valence-corrected chi connectivity index (χ0v) is 11.4. The molecule has 2 rings (SSSR count). The fourth-order valence-corrected chi connectivity index (χ4v) is 2.66. The maximum Gasteiger partial charge on any atom is 0.306 e. The van der Waals surface area contributed by atoms with Crippen LogP contribution in [0.3, 0.4) is 0 Å². The van der Waals surface area contributed by atoms with Crippen LogP contribution in [0.1, 0.15) is 31.2 Å². The average molecular weight is 297 g/mol. The van der Waals surface area contributed by atoms with Gasteiger partial charge in [-0.2, -0.15) is 0 Å². The van der Waals surface area contributed by atoms with Crippen LogP contribution in [-0.4, -0.2) is 17.0 Å². The van der Waals surface area contributed by atoms with Gasteiger partial charge in [-0.1, -0.05) is 6.42 Å². The highest BCUT2D eigenvalue weighted by atomic mass is 19.1. The van der Waals surface area contributed by atoms with E-state index in [0.29, 0.717) is 25.7 Å². The van der Waals surface area contributed by atoms with Gasteiger partial charge in [-0.25, -0.2) is 8.78 Å². The molecule has 1 aliphatic rings. The molecule has 1 saturated carbocycles. The van der Waals surface area contributed by atoms with E-state index in [-0.39, 0.29) is 23.9 Å². The summed E-state index contributed by atoms with van der Waals surface area (Å²) in [5, 5.41) is 11.5. The van der Waals surface area contributed by atoms with E-state index in [1.807, 2.05) is 0 Å². The Morgan fingerprint density at radius 1 is 1.24 bits per heavy atom. The second-order valence-electron chi connectivity index (χ2n) is 5.35. The molecule has 1 aliphatic carbocycles. The van der Waals surface area contributed by atoms with Gasteiger partial charge in [-0.05, 0) is 37.5 Å². The molecule has 2 N–H and O–H groups in total. The van der Waals surface area contributed by atoms with Gasteiger partial charge >= 0.3 is 5.97 Å². The predicted molar refractivity (Wildman–Crippen MR) is 71.3 cm³/mol. The fraction of sp³-hybridized carbons (Fsp3) is 0.467. The topological polar surface area (TPSA) is 66.4 Å². The van der Waals surface area contributed by atoms with Crippen LogP contribution in [0.5, 0.6) is 0 Å². The van der Waals surface area contributed by atoms with Gasteiger partial charge < -0.3 is 10.4 Å². The molecule has 0 aromatic heterocycles. The highest BCUT2D eigenvalue weighted by Gasteiger charge is 2.30. The first kappa shape index (κ1) is 15.4. The van der Waals surface area contributed by atoms with Crippen molar-refractivity contribution < 1.29 is 23.5 Å². The van der Waals surface area contributed by atoms with Crippen molar-refractivity contribution in [2.24, 2.45) is 11.8 Å². The predicted octanol–water partition coefficient (Wildman–Crippen LogP) is 2.47. The number of halogens is 2. The molecule has 6 heteroatoms. The molecular weight excluding hydrogens is 280 g/mol.